The van der Waals surface area contributed by atoms with Gasteiger partial charge in [-0.25, -0.2) is 0 Å². The number of hydrogen-bond donors (Lipinski definition) is 3. The molecule has 1 atom stereocenters. The highest BCUT2D eigenvalue weighted by Gasteiger charge is 2.20. The molecule has 0 bridgehead atoms. The van der Waals surface area contributed by atoms with E-state index in [0.717, 1.165) is 5.56 Å². The zero-order chi connectivity index (χ0) is 15.1. The van der Waals surface area contributed by atoms with Gasteiger partial charge >= 0.3 is 0 Å². The molecule has 1 rings (SSSR count). The number of carbonyl (C=O) groups is 2. The Kier molecular flexibility index (Phi) is 5.99. The minimum atomic E-state index is -0.362. The van der Waals surface area contributed by atoms with Gasteiger partial charge in [-0.2, -0.15) is 0 Å². The number of likely N-dealkylation sites (N-methyl/N-ethyl adjacent to an activating group) is 1. The van der Waals surface area contributed by atoms with Crippen LogP contribution in [-0.4, -0.2) is 41.5 Å². The standard InChI is InChI=1S/C14H21N3O3/c1-3-17(14(20)9-16-13(19)8-15)10(2)11-5-4-6-12(18)7-11/h4-7,10,18H,3,8-9,15H2,1-2H3,(H,16,19). The number of phenols is 1. The van der Waals surface area contributed by atoms with Crippen molar-refractivity contribution in [1.82, 2.24) is 10.2 Å². The molecule has 4 N–H and O–H groups in total. The van der Waals surface area contributed by atoms with Crippen molar-refractivity contribution >= 4 is 11.8 Å². The quantitative estimate of drug-likeness (QED) is 0.701. The SMILES string of the molecule is CCN(C(=O)CNC(=O)CN)C(C)c1cccc(O)c1. The van der Waals surface area contributed by atoms with Gasteiger partial charge in [0.2, 0.25) is 11.8 Å². The van der Waals surface area contributed by atoms with Crippen molar-refractivity contribution in [2.75, 3.05) is 19.6 Å². The van der Waals surface area contributed by atoms with Crippen LogP contribution in [0.4, 0.5) is 0 Å². The molecule has 1 unspecified atom stereocenters. The molecular weight excluding hydrogens is 258 g/mol. The number of carbonyl (C=O) groups excluding carboxylic acids is 2. The highest BCUT2D eigenvalue weighted by atomic mass is 16.3. The first kappa shape index (κ1) is 16.0. The van der Waals surface area contributed by atoms with Crippen LogP contribution in [0.3, 0.4) is 0 Å². The molecule has 0 heterocycles. The second-order valence-corrected chi connectivity index (χ2v) is 4.43. The van der Waals surface area contributed by atoms with Crippen LogP contribution in [0.15, 0.2) is 24.3 Å². The number of amides is 2. The number of rotatable bonds is 6. The van der Waals surface area contributed by atoms with E-state index in [-0.39, 0.29) is 36.7 Å². The Morgan fingerprint density at radius 1 is 1.45 bits per heavy atom. The average Bonchev–Trinajstić information content (AvgIpc) is 2.45. The summed E-state index contributed by atoms with van der Waals surface area (Å²) in [4.78, 5) is 24.8. The summed E-state index contributed by atoms with van der Waals surface area (Å²) in [6.07, 6.45) is 0. The van der Waals surface area contributed by atoms with E-state index in [1.54, 1.807) is 23.1 Å². The number of aromatic hydroxyl groups is 1. The molecule has 0 spiro atoms. The number of phenolic OH excluding ortho intramolecular Hbond substituents is 1. The van der Waals surface area contributed by atoms with Crippen molar-refractivity contribution in [3.63, 3.8) is 0 Å². The van der Waals surface area contributed by atoms with E-state index >= 15 is 0 Å². The lowest BCUT2D eigenvalue weighted by molar-refractivity contribution is -0.134. The molecule has 1 aromatic rings. The molecular formula is C14H21N3O3. The van der Waals surface area contributed by atoms with Crippen molar-refractivity contribution < 1.29 is 14.7 Å². The van der Waals surface area contributed by atoms with E-state index in [4.69, 9.17) is 5.73 Å². The summed E-state index contributed by atoms with van der Waals surface area (Å²) in [6, 6.07) is 6.60. The molecule has 0 aliphatic carbocycles. The second-order valence-electron chi connectivity index (χ2n) is 4.43. The Morgan fingerprint density at radius 2 is 2.15 bits per heavy atom. The Morgan fingerprint density at radius 3 is 2.70 bits per heavy atom. The molecule has 0 saturated carbocycles. The zero-order valence-electron chi connectivity index (χ0n) is 11.8. The van der Waals surface area contributed by atoms with Crippen LogP contribution in [0.2, 0.25) is 0 Å². The zero-order valence-corrected chi connectivity index (χ0v) is 11.8. The third-order valence-electron chi connectivity index (χ3n) is 3.10. The van der Waals surface area contributed by atoms with Gasteiger partial charge in [0.25, 0.3) is 0 Å². The minimum absolute atomic E-state index is 0.0764. The summed E-state index contributed by atoms with van der Waals surface area (Å²) in [6.45, 7) is 4.03. The summed E-state index contributed by atoms with van der Waals surface area (Å²) in [5.74, 6) is -0.390. The molecule has 20 heavy (non-hydrogen) atoms. The maximum Gasteiger partial charge on any atom is 0.242 e. The monoisotopic (exact) mass is 279 g/mol. The third kappa shape index (κ3) is 4.24. The fourth-order valence-corrected chi connectivity index (χ4v) is 1.98. The van der Waals surface area contributed by atoms with E-state index in [0.29, 0.717) is 6.54 Å². The van der Waals surface area contributed by atoms with Gasteiger partial charge in [0, 0.05) is 6.54 Å². The van der Waals surface area contributed by atoms with Gasteiger partial charge in [0.1, 0.15) is 5.75 Å². The first-order valence-electron chi connectivity index (χ1n) is 6.54. The number of nitrogens with zero attached hydrogens (tertiary/aromatic N) is 1. The first-order chi connectivity index (χ1) is 9.49. The molecule has 2 amide bonds. The fourth-order valence-electron chi connectivity index (χ4n) is 1.98. The van der Waals surface area contributed by atoms with Gasteiger partial charge in [-0.05, 0) is 31.5 Å². The lowest BCUT2D eigenvalue weighted by Crippen LogP contribution is -2.42. The number of nitrogens with one attached hydrogen (secondary N) is 1. The Hall–Kier alpha value is -2.08. The van der Waals surface area contributed by atoms with Gasteiger partial charge < -0.3 is 21.1 Å². The summed E-state index contributed by atoms with van der Waals surface area (Å²) in [5, 5.41) is 11.9. The van der Waals surface area contributed by atoms with Crippen LogP contribution in [0.5, 0.6) is 5.75 Å². The molecule has 1 aromatic carbocycles. The third-order valence-corrected chi connectivity index (χ3v) is 3.10. The van der Waals surface area contributed by atoms with Crippen molar-refractivity contribution in [3.8, 4) is 5.75 Å². The Bertz CT molecular complexity index is 476. The van der Waals surface area contributed by atoms with E-state index in [2.05, 4.69) is 5.32 Å². The smallest absolute Gasteiger partial charge is 0.242 e. The average molecular weight is 279 g/mol. The van der Waals surface area contributed by atoms with E-state index in [1.165, 1.54) is 0 Å². The van der Waals surface area contributed by atoms with E-state index in [9.17, 15) is 14.7 Å². The maximum absolute atomic E-state index is 12.1. The highest BCUT2D eigenvalue weighted by Crippen LogP contribution is 2.23. The molecule has 6 heteroatoms. The maximum atomic E-state index is 12.1. The lowest BCUT2D eigenvalue weighted by Gasteiger charge is -2.28. The van der Waals surface area contributed by atoms with Crippen molar-refractivity contribution in [2.45, 2.75) is 19.9 Å². The summed E-state index contributed by atoms with van der Waals surface area (Å²) >= 11 is 0. The molecule has 0 saturated heterocycles. The molecule has 6 nitrogen and oxygen atoms in total. The van der Waals surface area contributed by atoms with Crippen molar-refractivity contribution in [3.05, 3.63) is 29.8 Å². The predicted molar refractivity (Wildman–Crippen MR) is 76.0 cm³/mol. The van der Waals surface area contributed by atoms with Crippen LogP contribution < -0.4 is 11.1 Å². The van der Waals surface area contributed by atoms with Crippen molar-refractivity contribution in [1.29, 1.82) is 0 Å². The minimum Gasteiger partial charge on any atom is -0.508 e. The summed E-state index contributed by atoms with van der Waals surface area (Å²) in [5.41, 5.74) is 6.01. The van der Waals surface area contributed by atoms with Crippen LogP contribution in [-0.2, 0) is 9.59 Å². The molecule has 0 aromatic heterocycles. The molecule has 110 valence electrons. The van der Waals surface area contributed by atoms with Gasteiger partial charge in [0.05, 0.1) is 19.1 Å². The summed E-state index contributed by atoms with van der Waals surface area (Å²) < 4.78 is 0. The molecule has 0 radical (unpaired) electrons. The largest absolute Gasteiger partial charge is 0.508 e. The summed E-state index contributed by atoms with van der Waals surface area (Å²) in [7, 11) is 0. The van der Waals surface area contributed by atoms with Crippen molar-refractivity contribution in [2.24, 2.45) is 5.73 Å². The second kappa shape index (κ2) is 7.49. The first-order valence-corrected chi connectivity index (χ1v) is 6.54. The Balaban J connectivity index is 2.74. The van der Waals surface area contributed by atoms with Crippen LogP contribution >= 0.6 is 0 Å². The van der Waals surface area contributed by atoms with E-state index < -0.39 is 0 Å². The molecule has 0 fully saturated rings. The highest BCUT2D eigenvalue weighted by molar-refractivity contribution is 5.85. The number of nitrogens with two attached hydrogens (primary N) is 1. The Labute approximate surface area is 118 Å². The van der Waals surface area contributed by atoms with Crippen LogP contribution in [0, 0.1) is 0 Å². The van der Waals surface area contributed by atoms with Crippen LogP contribution in [0.1, 0.15) is 25.5 Å². The predicted octanol–water partition coefficient (Wildman–Crippen LogP) is 0.377. The number of benzene rings is 1. The van der Waals surface area contributed by atoms with Gasteiger partial charge in [0.15, 0.2) is 0 Å². The van der Waals surface area contributed by atoms with E-state index in [1.807, 2.05) is 19.9 Å². The number of hydrogen-bond acceptors (Lipinski definition) is 4. The topological polar surface area (TPSA) is 95.7 Å². The molecule has 0 aliphatic heterocycles. The normalized spacial score (nSPS) is 11.8. The molecule has 0 aliphatic rings. The lowest BCUT2D eigenvalue weighted by atomic mass is 10.1. The fraction of sp³-hybridized carbons (Fsp3) is 0.429. The van der Waals surface area contributed by atoms with Gasteiger partial charge in [-0.3, -0.25) is 9.59 Å². The van der Waals surface area contributed by atoms with Gasteiger partial charge in [-0.15, -0.1) is 0 Å². The van der Waals surface area contributed by atoms with Gasteiger partial charge in [-0.1, -0.05) is 12.1 Å². The van der Waals surface area contributed by atoms with Crippen LogP contribution in [0.25, 0.3) is 0 Å².